The van der Waals surface area contributed by atoms with E-state index in [1.807, 2.05) is 29.1 Å². The Morgan fingerprint density at radius 3 is 3.05 bits per heavy atom. The number of rotatable bonds is 4. The van der Waals surface area contributed by atoms with Gasteiger partial charge in [-0.2, -0.15) is 5.10 Å². The molecule has 2 aromatic rings. The Labute approximate surface area is 129 Å². The molecule has 1 atom stereocenters. The first-order valence-electron chi connectivity index (χ1n) is 7.42. The van der Waals surface area contributed by atoms with Crippen molar-refractivity contribution in [2.24, 2.45) is 0 Å². The van der Waals surface area contributed by atoms with Crippen LogP contribution in [-0.4, -0.2) is 47.0 Å². The molecule has 0 spiro atoms. The van der Waals surface area contributed by atoms with Crippen molar-refractivity contribution >= 4 is 6.09 Å². The van der Waals surface area contributed by atoms with Crippen LogP contribution in [-0.2, 0) is 11.3 Å². The van der Waals surface area contributed by atoms with Crippen LogP contribution in [0.5, 0.6) is 0 Å². The molecule has 1 aliphatic rings. The molecule has 1 aliphatic heterocycles. The van der Waals surface area contributed by atoms with Gasteiger partial charge >= 0.3 is 6.09 Å². The van der Waals surface area contributed by atoms with E-state index in [-0.39, 0.29) is 6.09 Å². The third kappa shape index (κ3) is 3.12. The van der Waals surface area contributed by atoms with Gasteiger partial charge in [0.2, 0.25) is 0 Å². The summed E-state index contributed by atoms with van der Waals surface area (Å²) in [5, 5.41) is 7.81. The Kier molecular flexibility index (Phi) is 4.39. The lowest BCUT2D eigenvalue weighted by Crippen LogP contribution is -2.35. The Hall–Kier alpha value is -2.34. The number of nitrogens with one attached hydrogen (secondary N) is 1. The number of methoxy groups -OCH3 is 1. The lowest BCUT2D eigenvalue weighted by Gasteiger charge is -2.16. The fourth-order valence-corrected chi connectivity index (χ4v) is 2.77. The normalized spacial score (nSPS) is 17.7. The van der Waals surface area contributed by atoms with Gasteiger partial charge in [-0.25, -0.2) is 9.48 Å². The van der Waals surface area contributed by atoms with E-state index in [1.165, 1.54) is 12.7 Å². The maximum atomic E-state index is 11.5. The number of amides is 1. The summed E-state index contributed by atoms with van der Waals surface area (Å²) < 4.78 is 6.63. The van der Waals surface area contributed by atoms with Gasteiger partial charge in [-0.15, -0.1) is 0 Å². The minimum absolute atomic E-state index is 0.249. The Morgan fingerprint density at radius 1 is 1.41 bits per heavy atom. The zero-order valence-corrected chi connectivity index (χ0v) is 12.6. The molecule has 6 heteroatoms. The molecule has 1 amide bonds. The van der Waals surface area contributed by atoms with Crippen molar-refractivity contribution < 1.29 is 9.53 Å². The van der Waals surface area contributed by atoms with E-state index < -0.39 is 0 Å². The fourth-order valence-electron chi connectivity index (χ4n) is 2.77. The molecule has 6 nitrogen and oxygen atoms in total. The number of hydrogen-bond acceptors (Lipinski definition) is 4. The topological polar surface area (TPSA) is 59.4 Å². The lowest BCUT2D eigenvalue weighted by atomic mass is 10.1. The summed E-state index contributed by atoms with van der Waals surface area (Å²) in [5.74, 6) is 0. The first kappa shape index (κ1) is 14.6. The van der Waals surface area contributed by atoms with Gasteiger partial charge in [-0.3, -0.25) is 0 Å². The highest BCUT2D eigenvalue weighted by Gasteiger charge is 2.26. The minimum atomic E-state index is -0.249. The number of carbonyl (C=O) groups is 1. The Balaban J connectivity index is 1.62. The van der Waals surface area contributed by atoms with Gasteiger partial charge in [0.25, 0.3) is 0 Å². The van der Waals surface area contributed by atoms with E-state index in [2.05, 4.69) is 22.5 Å². The van der Waals surface area contributed by atoms with Crippen LogP contribution < -0.4 is 5.32 Å². The predicted octanol–water partition coefficient (Wildman–Crippen LogP) is 1.80. The highest BCUT2D eigenvalue weighted by atomic mass is 16.5. The first-order chi connectivity index (χ1) is 10.8. The summed E-state index contributed by atoms with van der Waals surface area (Å²) in [5.41, 5.74) is 2.26. The number of nitrogens with zero attached hydrogens (tertiary/aromatic N) is 3. The molecular formula is C16H20N4O2. The molecule has 2 heterocycles. The number of likely N-dealkylation sites (tertiary alicyclic amines) is 1. The molecule has 1 aromatic carbocycles. The second kappa shape index (κ2) is 6.62. The second-order valence-corrected chi connectivity index (χ2v) is 5.36. The van der Waals surface area contributed by atoms with Crippen LogP contribution in [0.3, 0.4) is 0 Å². The average molecular weight is 300 g/mol. The van der Waals surface area contributed by atoms with Gasteiger partial charge in [0.1, 0.15) is 0 Å². The van der Waals surface area contributed by atoms with Crippen molar-refractivity contribution in [3.63, 3.8) is 0 Å². The smallest absolute Gasteiger partial charge is 0.409 e. The molecule has 1 N–H and O–H groups in total. The fraction of sp³-hybridized carbons (Fsp3) is 0.375. The third-order valence-corrected chi connectivity index (χ3v) is 3.95. The van der Waals surface area contributed by atoms with Crippen molar-refractivity contribution in [3.8, 4) is 5.69 Å². The molecule has 1 aromatic heterocycles. The number of ether oxygens (including phenoxy) is 1. The van der Waals surface area contributed by atoms with Crippen molar-refractivity contribution in [2.75, 3.05) is 20.2 Å². The largest absolute Gasteiger partial charge is 0.453 e. The maximum absolute atomic E-state index is 11.5. The number of para-hydroxylation sites is 1. The number of benzene rings is 1. The molecule has 1 fully saturated rings. The predicted molar refractivity (Wildman–Crippen MR) is 82.8 cm³/mol. The molecule has 0 unspecified atom stereocenters. The van der Waals surface area contributed by atoms with E-state index in [0.717, 1.165) is 25.2 Å². The minimum Gasteiger partial charge on any atom is -0.453 e. The molecule has 0 radical (unpaired) electrons. The number of hydrogen-bond donors (Lipinski definition) is 1. The summed E-state index contributed by atoms with van der Waals surface area (Å²) in [4.78, 5) is 13.2. The van der Waals surface area contributed by atoms with Crippen molar-refractivity contribution in [1.29, 1.82) is 0 Å². The Bertz CT molecular complexity index is 627. The van der Waals surface area contributed by atoms with Gasteiger partial charge in [0.05, 0.1) is 12.8 Å². The van der Waals surface area contributed by atoms with Crippen molar-refractivity contribution in [2.45, 2.75) is 19.0 Å². The molecule has 3 rings (SSSR count). The molecule has 0 bridgehead atoms. The highest BCUT2D eigenvalue weighted by Crippen LogP contribution is 2.15. The quantitative estimate of drug-likeness (QED) is 0.935. The van der Waals surface area contributed by atoms with Crippen molar-refractivity contribution in [3.05, 3.63) is 48.3 Å². The van der Waals surface area contributed by atoms with Crippen LogP contribution in [0.1, 0.15) is 12.0 Å². The van der Waals surface area contributed by atoms with Gasteiger partial charge in [0, 0.05) is 38.1 Å². The first-order valence-corrected chi connectivity index (χ1v) is 7.42. The van der Waals surface area contributed by atoms with Gasteiger partial charge < -0.3 is 15.0 Å². The summed E-state index contributed by atoms with van der Waals surface area (Å²) in [6, 6.07) is 10.4. The van der Waals surface area contributed by atoms with Gasteiger partial charge in [0.15, 0.2) is 0 Å². The van der Waals surface area contributed by atoms with E-state index in [9.17, 15) is 4.79 Å². The average Bonchev–Trinajstić information content (AvgIpc) is 3.24. The monoisotopic (exact) mass is 300 g/mol. The van der Waals surface area contributed by atoms with Gasteiger partial charge in [-0.1, -0.05) is 18.2 Å². The molecule has 0 aliphatic carbocycles. The Morgan fingerprint density at radius 2 is 2.27 bits per heavy atom. The molecular weight excluding hydrogens is 280 g/mol. The van der Waals surface area contributed by atoms with Crippen LogP contribution in [0.4, 0.5) is 4.79 Å². The lowest BCUT2D eigenvalue weighted by molar-refractivity contribution is 0.132. The summed E-state index contributed by atoms with van der Waals surface area (Å²) in [6.07, 6.45) is 4.41. The van der Waals surface area contributed by atoms with Crippen molar-refractivity contribution in [1.82, 2.24) is 20.0 Å². The van der Waals surface area contributed by atoms with Crippen LogP contribution in [0.25, 0.3) is 5.69 Å². The molecule has 116 valence electrons. The van der Waals surface area contributed by atoms with E-state index in [1.54, 1.807) is 11.1 Å². The van der Waals surface area contributed by atoms with E-state index in [4.69, 9.17) is 4.74 Å². The van der Waals surface area contributed by atoms with Crippen LogP contribution in [0.2, 0.25) is 0 Å². The molecule has 0 saturated carbocycles. The standard InChI is InChI=1S/C16H20N4O2/c1-22-16(21)19-10-7-14(12-19)17-11-13-5-2-3-6-15(13)20-9-4-8-18-20/h2-6,8-9,14,17H,7,10-12H2,1H3/t14-/m0/s1. The summed E-state index contributed by atoms with van der Waals surface area (Å²) in [6.45, 7) is 2.18. The maximum Gasteiger partial charge on any atom is 0.409 e. The number of carbonyl (C=O) groups excluding carboxylic acids is 1. The third-order valence-electron chi connectivity index (χ3n) is 3.95. The number of aromatic nitrogens is 2. The summed E-state index contributed by atoms with van der Waals surface area (Å²) >= 11 is 0. The SMILES string of the molecule is COC(=O)N1CC[C@H](NCc2ccccc2-n2cccn2)C1. The summed E-state index contributed by atoms with van der Waals surface area (Å²) in [7, 11) is 1.42. The van der Waals surface area contributed by atoms with Gasteiger partial charge in [-0.05, 0) is 24.1 Å². The zero-order chi connectivity index (χ0) is 15.4. The molecule has 22 heavy (non-hydrogen) atoms. The second-order valence-electron chi connectivity index (χ2n) is 5.36. The van der Waals surface area contributed by atoms with Crippen LogP contribution in [0, 0.1) is 0 Å². The highest BCUT2D eigenvalue weighted by molar-refractivity contribution is 5.67. The van der Waals surface area contributed by atoms with Crippen LogP contribution >= 0.6 is 0 Å². The molecule has 1 saturated heterocycles. The van der Waals surface area contributed by atoms with E-state index >= 15 is 0 Å². The zero-order valence-electron chi connectivity index (χ0n) is 12.6. The van der Waals surface area contributed by atoms with Crippen LogP contribution in [0.15, 0.2) is 42.7 Å². The van der Waals surface area contributed by atoms with E-state index in [0.29, 0.717) is 12.6 Å².